The largest absolute Gasteiger partial charge is 5.00 e. The molecule has 0 aliphatic rings. The molecule has 0 bridgehead atoms. The van der Waals surface area contributed by atoms with Crippen molar-refractivity contribution < 1.29 is 75.4 Å². The molecule has 0 saturated heterocycles. The van der Waals surface area contributed by atoms with Crippen LogP contribution in [-0.2, 0) is 75.4 Å². The van der Waals surface area contributed by atoms with E-state index in [0.29, 0.717) is 0 Å². The first-order chi connectivity index (χ1) is 0. The van der Waals surface area contributed by atoms with Crippen molar-refractivity contribution in [1.82, 2.24) is 0 Å². The molecule has 11 heavy (non-hydrogen) atoms. The van der Waals surface area contributed by atoms with Crippen molar-refractivity contribution >= 4 is 46.1 Å². The van der Waals surface area contributed by atoms with Gasteiger partial charge in [0.25, 0.3) is 0 Å². The minimum absolute atomic E-state index is 0. The van der Waals surface area contributed by atoms with Crippen molar-refractivity contribution in [3.8, 4) is 0 Å². The van der Waals surface area contributed by atoms with Gasteiger partial charge in [0.2, 0.25) is 0 Å². The minimum atomic E-state index is 0. The fourth-order valence-corrected chi connectivity index (χ4v) is 0. The van der Waals surface area contributed by atoms with E-state index < -0.39 is 0 Å². The molecule has 0 aromatic heterocycles. The van der Waals surface area contributed by atoms with E-state index in [1.54, 1.807) is 0 Å². The van der Waals surface area contributed by atoms with Gasteiger partial charge in [0, 0.05) is 0 Å². The second kappa shape index (κ2) is 276. The van der Waals surface area contributed by atoms with Crippen LogP contribution in [0.15, 0.2) is 0 Å². The van der Waals surface area contributed by atoms with Gasteiger partial charge in [-0.1, -0.05) is 0 Å². The van der Waals surface area contributed by atoms with Crippen LogP contribution in [0.2, 0.25) is 0 Å². The summed E-state index contributed by atoms with van der Waals surface area (Å²) >= 11 is 0. The molecule has 0 aliphatic carbocycles. The molecule has 0 heterocycles. The van der Waals surface area contributed by atoms with Gasteiger partial charge in [-0.3, -0.25) is 0 Å². The Morgan fingerprint density at radius 2 is 0.273 bits per heavy atom. The molecule has 0 rings (SSSR count). The quantitative estimate of drug-likeness (QED) is 0.453. The van der Waals surface area contributed by atoms with E-state index in [1.165, 1.54) is 0 Å². The van der Waals surface area contributed by atoms with E-state index in [4.69, 9.17) is 0 Å². The average molecular weight is 262 g/mol. The van der Waals surface area contributed by atoms with Gasteiger partial charge in [0.1, 0.15) is 0 Å². The van der Waals surface area contributed by atoms with Crippen LogP contribution in [0.25, 0.3) is 0 Å². The van der Waals surface area contributed by atoms with E-state index in [0.717, 1.165) is 0 Å². The third-order valence-electron chi connectivity index (χ3n) is 0. The summed E-state index contributed by atoms with van der Waals surface area (Å²) in [6.07, 6.45) is 0. The first kappa shape index (κ1) is 353. The molecule has 0 aromatic rings. The van der Waals surface area contributed by atoms with E-state index in [9.17, 15) is 0 Å². The average Bonchev–Trinajstić information content (AvgIpc) is 0. The van der Waals surface area contributed by atoms with Crippen LogP contribution in [0.4, 0.5) is 0 Å². The molecule has 0 radical (unpaired) electrons. The van der Waals surface area contributed by atoms with E-state index in [-0.39, 0.29) is 122 Å². The van der Waals surface area contributed by atoms with Gasteiger partial charge in [-0.05, 0) is 0 Å². The van der Waals surface area contributed by atoms with Gasteiger partial charge < -0.3 is 38.3 Å². The van der Waals surface area contributed by atoms with Gasteiger partial charge >= 0.3 is 83.2 Å². The first-order valence-corrected chi connectivity index (χ1v) is 0. The second-order valence-electron chi connectivity index (χ2n) is 0. The standard InChI is InChI=1S/2Mg.7O.2V/q2*+2;7*-2;2*+5. The summed E-state index contributed by atoms with van der Waals surface area (Å²) in [7, 11) is 0. The fourth-order valence-electron chi connectivity index (χ4n) is 0. The Labute approximate surface area is 120 Å². The molecular weight excluding hydrogens is 262 g/mol. The third kappa shape index (κ3) is 230. The molecule has 7 nitrogen and oxygen atoms in total. The van der Waals surface area contributed by atoms with Crippen LogP contribution >= 0.6 is 0 Å². The Kier molecular flexibility index (Phi) is 8870. The van der Waals surface area contributed by atoms with Gasteiger partial charge in [0.05, 0.1) is 0 Å². The second-order valence-corrected chi connectivity index (χ2v) is 0. The van der Waals surface area contributed by atoms with Gasteiger partial charge in [-0.15, -0.1) is 0 Å². The topological polar surface area (TPSA) is 200 Å². The van der Waals surface area contributed by atoms with Crippen LogP contribution < -0.4 is 0 Å². The molecule has 0 aliphatic heterocycles. The first-order valence-electron chi connectivity index (χ1n) is 0. The Morgan fingerprint density at radius 3 is 0.273 bits per heavy atom. The van der Waals surface area contributed by atoms with Gasteiger partial charge in [-0.25, -0.2) is 0 Å². The Bertz CT molecular complexity index is 14.4. The molecule has 56 valence electrons. The van der Waals surface area contributed by atoms with Crippen molar-refractivity contribution in [2.24, 2.45) is 0 Å². The molecule has 0 N–H and O–H groups in total. The van der Waals surface area contributed by atoms with Crippen LogP contribution in [0.1, 0.15) is 0 Å². The molecule has 0 atom stereocenters. The maximum Gasteiger partial charge on any atom is 5.00 e. The van der Waals surface area contributed by atoms with Crippen LogP contribution in [0.5, 0.6) is 0 Å². The molecular formula is Mg2O7V2. The van der Waals surface area contributed by atoms with Crippen LogP contribution in [0, 0.1) is 0 Å². The zero-order valence-electron chi connectivity index (χ0n) is 5.17. The number of hydrogen-bond donors (Lipinski definition) is 0. The summed E-state index contributed by atoms with van der Waals surface area (Å²) < 4.78 is 0. The minimum Gasteiger partial charge on any atom is -2.00 e. The fraction of sp³-hybridized carbons (Fsp3) is 0. The summed E-state index contributed by atoms with van der Waals surface area (Å²) in [4.78, 5) is 0. The van der Waals surface area contributed by atoms with Crippen LogP contribution in [0.3, 0.4) is 0 Å². The van der Waals surface area contributed by atoms with Crippen molar-refractivity contribution in [2.75, 3.05) is 0 Å². The summed E-state index contributed by atoms with van der Waals surface area (Å²) in [5.41, 5.74) is 0. The third-order valence-corrected chi connectivity index (χ3v) is 0. The predicted molar refractivity (Wildman–Crippen MR) is 16.3 cm³/mol. The molecule has 0 fully saturated rings. The Balaban J connectivity index is 0. The normalized spacial score (nSPS) is 0. The van der Waals surface area contributed by atoms with E-state index in [2.05, 4.69) is 0 Å². The Hall–Kier alpha value is 2.42. The summed E-state index contributed by atoms with van der Waals surface area (Å²) in [6.45, 7) is 0. The van der Waals surface area contributed by atoms with Crippen molar-refractivity contribution in [2.45, 2.75) is 0 Å². The SMILES string of the molecule is [Mg+2].[Mg+2].[O-2].[O-2].[O-2].[O-2].[O-2].[O-2].[O-2].[V+5].[V+5]. The summed E-state index contributed by atoms with van der Waals surface area (Å²) in [5.74, 6) is 0. The number of hydrogen-bond acceptors (Lipinski definition) is 0. The maximum absolute atomic E-state index is 0. The Morgan fingerprint density at radius 1 is 0.273 bits per heavy atom. The van der Waals surface area contributed by atoms with Gasteiger partial charge in [-0.2, -0.15) is 0 Å². The van der Waals surface area contributed by atoms with Gasteiger partial charge in [0.15, 0.2) is 0 Å². The van der Waals surface area contributed by atoms with E-state index >= 15 is 0 Å². The van der Waals surface area contributed by atoms with Crippen LogP contribution in [-0.4, -0.2) is 46.1 Å². The number of rotatable bonds is 0. The molecule has 0 saturated carbocycles. The summed E-state index contributed by atoms with van der Waals surface area (Å²) in [5, 5.41) is 0. The molecule has 11 heteroatoms. The summed E-state index contributed by atoms with van der Waals surface area (Å²) in [6, 6.07) is 0. The van der Waals surface area contributed by atoms with Crippen molar-refractivity contribution in [1.29, 1.82) is 0 Å². The molecule has 0 aromatic carbocycles. The zero-order chi connectivity index (χ0) is 0. The van der Waals surface area contributed by atoms with Crippen molar-refractivity contribution in [3.63, 3.8) is 0 Å². The zero-order valence-corrected chi connectivity index (χ0v) is 10.8. The molecule has 0 amide bonds. The maximum atomic E-state index is 0. The van der Waals surface area contributed by atoms with E-state index in [1.807, 2.05) is 0 Å². The molecule has 0 spiro atoms. The predicted octanol–water partition coefficient (Wildman–Crippen LogP) is -1.60. The van der Waals surface area contributed by atoms with Crippen molar-refractivity contribution in [3.05, 3.63) is 0 Å². The monoisotopic (exact) mass is 262 g/mol. The molecule has 0 unspecified atom stereocenters. The smallest absolute Gasteiger partial charge is 2.00 e.